The van der Waals surface area contributed by atoms with Crippen LogP contribution in [0.25, 0.3) is 15.9 Å². The molecule has 0 bridgehead atoms. The lowest BCUT2D eigenvalue weighted by Gasteiger charge is -2.18. The summed E-state index contributed by atoms with van der Waals surface area (Å²) in [4.78, 5) is 32.9. The van der Waals surface area contributed by atoms with E-state index in [2.05, 4.69) is 0 Å². The normalized spacial score (nSPS) is 12.8. The molecule has 0 amide bonds. The molecule has 1 aliphatic rings. The first-order chi connectivity index (χ1) is 15.5. The van der Waals surface area contributed by atoms with Crippen LogP contribution in [-0.4, -0.2) is 34.3 Å². The van der Waals surface area contributed by atoms with Gasteiger partial charge >= 0.3 is 0 Å². The standard InChI is InChI=1S/C24H20N2O4S2/c1-14-15(2)32-22-21(14)23(28)26(17-6-4-3-5-7-17)24(25-22)31-13-18(27)16-8-9-19-20(12-16)30-11-10-29-19/h3-9,12H,10-11,13H2,1-2H3. The van der Waals surface area contributed by atoms with Gasteiger partial charge in [-0.2, -0.15) is 0 Å². The zero-order chi connectivity index (χ0) is 22.2. The van der Waals surface area contributed by atoms with Crippen LogP contribution in [0.1, 0.15) is 20.8 Å². The first kappa shape index (κ1) is 20.8. The SMILES string of the molecule is Cc1sc2nc(SCC(=O)c3ccc4c(c3)OCCO4)n(-c3ccccc3)c(=O)c2c1C. The highest BCUT2D eigenvalue weighted by molar-refractivity contribution is 7.99. The molecule has 2 aromatic carbocycles. The molecule has 8 heteroatoms. The number of carbonyl (C=O) groups excluding carboxylic acids is 1. The van der Waals surface area contributed by atoms with Crippen molar-refractivity contribution in [3.05, 3.63) is 74.9 Å². The summed E-state index contributed by atoms with van der Waals surface area (Å²) in [6.07, 6.45) is 0. The van der Waals surface area contributed by atoms with Gasteiger partial charge in [-0.15, -0.1) is 11.3 Å². The van der Waals surface area contributed by atoms with Gasteiger partial charge in [0.2, 0.25) is 0 Å². The van der Waals surface area contributed by atoms with E-state index in [9.17, 15) is 9.59 Å². The van der Waals surface area contributed by atoms with E-state index in [1.54, 1.807) is 22.8 Å². The molecule has 0 N–H and O–H groups in total. The van der Waals surface area contributed by atoms with E-state index in [0.29, 0.717) is 45.6 Å². The van der Waals surface area contributed by atoms with Crippen LogP contribution >= 0.6 is 23.1 Å². The molecule has 1 aliphatic heterocycles. The summed E-state index contributed by atoms with van der Waals surface area (Å²) >= 11 is 2.77. The van der Waals surface area contributed by atoms with E-state index in [-0.39, 0.29) is 17.1 Å². The van der Waals surface area contributed by atoms with Crippen LogP contribution in [0.2, 0.25) is 0 Å². The smallest absolute Gasteiger partial charge is 0.267 e. The number of fused-ring (bicyclic) bond motifs is 2. The summed E-state index contributed by atoms with van der Waals surface area (Å²) in [6.45, 7) is 4.91. The third-order valence-electron chi connectivity index (χ3n) is 5.38. The molecule has 2 aromatic heterocycles. The van der Waals surface area contributed by atoms with Crippen molar-refractivity contribution in [2.75, 3.05) is 19.0 Å². The Labute approximate surface area is 192 Å². The number of para-hydroxylation sites is 1. The Kier molecular flexibility index (Phi) is 5.48. The zero-order valence-electron chi connectivity index (χ0n) is 17.6. The van der Waals surface area contributed by atoms with Gasteiger partial charge in [0.25, 0.3) is 5.56 Å². The minimum atomic E-state index is -0.114. The van der Waals surface area contributed by atoms with E-state index in [1.807, 2.05) is 44.2 Å². The fourth-order valence-electron chi connectivity index (χ4n) is 3.61. The number of Topliss-reactive ketones (excluding diaryl/α,β-unsaturated/α-hetero) is 1. The third-order valence-corrected chi connectivity index (χ3v) is 7.42. The number of thioether (sulfide) groups is 1. The lowest BCUT2D eigenvalue weighted by molar-refractivity contribution is 0.102. The number of hydrogen-bond donors (Lipinski definition) is 0. The molecule has 0 saturated heterocycles. The molecule has 0 fully saturated rings. The molecule has 0 aliphatic carbocycles. The van der Waals surface area contributed by atoms with Crippen molar-refractivity contribution in [1.82, 2.24) is 9.55 Å². The van der Waals surface area contributed by atoms with E-state index < -0.39 is 0 Å². The molecule has 0 radical (unpaired) electrons. The van der Waals surface area contributed by atoms with Crippen LogP contribution in [0.4, 0.5) is 0 Å². The second kappa shape index (κ2) is 8.44. The highest BCUT2D eigenvalue weighted by Crippen LogP contribution is 2.32. The van der Waals surface area contributed by atoms with Crippen LogP contribution < -0.4 is 15.0 Å². The van der Waals surface area contributed by atoms with Gasteiger partial charge in [-0.25, -0.2) is 4.98 Å². The van der Waals surface area contributed by atoms with Crippen molar-refractivity contribution in [2.24, 2.45) is 0 Å². The van der Waals surface area contributed by atoms with E-state index >= 15 is 0 Å². The minimum Gasteiger partial charge on any atom is -0.486 e. The van der Waals surface area contributed by atoms with Gasteiger partial charge in [-0.1, -0.05) is 30.0 Å². The number of rotatable bonds is 5. The Bertz CT molecular complexity index is 1390. The molecule has 5 rings (SSSR count). The van der Waals surface area contributed by atoms with Gasteiger partial charge in [0, 0.05) is 10.4 Å². The maximum atomic E-state index is 13.5. The summed E-state index contributed by atoms with van der Waals surface area (Å²) in [7, 11) is 0. The number of nitrogens with zero attached hydrogens (tertiary/aromatic N) is 2. The van der Waals surface area contributed by atoms with Crippen LogP contribution in [0.5, 0.6) is 11.5 Å². The average Bonchev–Trinajstić information content (AvgIpc) is 3.11. The summed E-state index contributed by atoms with van der Waals surface area (Å²) in [5, 5.41) is 1.14. The average molecular weight is 465 g/mol. The zero-order valence-corrected chi connectivity index (χ0v) is 19.2. The van der Waals surface area contributed by atoms with Crippen molar-refractivity contribution >= 4 is 39.1 Å². The third kappa shape index (κ3) is 3.69. The van der Waals surface area contributed by atoms with Crippen molar-refractivity contribution in [3.8, 4) is 17.2 Å². The Morgan fingerprint density at radius 3 is 2.62 bits per heavy atom. The number of ether oxygens (including phenoxy) is 2. The molecule has 32 heavy (non-hydrogen) atoms. The summed E-state index contributed by atoms with van der Waals surface area (Å²) in [5.41, 5.74) is 2.11. The lowest BCUT2D eigenvalue weighted by Crippen LogP contribution is -2.22. The Hall–Kier alpha value is -3.10. The molecule has 0 unspecified atom stereocenters. The summed E-state index contributed by atoms with van der Waals surface area (Å²) < 4.78 is 12.7. The second-order valence-corrected chi connectivity index (χ2v) is 9.55. The van der Waals surface area contributed by atoms with Gasteiger partial charge in [-0.05, 0) is 49.7 Å². The predicted octanol–water partition coefficient (Wildman–Crippen LogP) is 4.81. The topological polar surface area (TPSA) is 70.4 Å². The van der Waals surface area contributed by atoms with E-state index in [4.69, 9.17) is 14.5 Å². The van der Waals surface area contributed by atoms with Crippen LogP contribution in [-0.2, 0) is 0 Å². The van der Waals surface area contributed by atoms with Gasteiger partial charge in [-0.3, -0.25) is 14.2 Å². The number of carbonyl (C=O) groups is 1. The highest BCUT2D eigenvalue weighted by Gasteiger charge is 2.20. The van der Waals surface area contributed by atoms with Crippen molar-refractivity contribution < 1.29 is 14.3 Å². The number of benzene rings is 2. The van der Waals surface area contributed by atoms with Crippen molar-refractivity contribution in [2.45, 2.75) is 19.0 Å². The number of hydrogen-bond acceptors (Lipinski definition) is 7. The van der Waals surface area contributed by atoms with Crippen molar-refractivity contribution in [3.63, 3.8) is 0 Å². The summed E-state index contributed by atoms with van der Waals surface area (Å²) in [5.74, 6) is 1.30. The largest absolute Gasteiger partial charge is 0.486 e. The highest BCUT2D eigenvalue weighted by atomic mass is 32.2. The molecule has 0 atom stereocenters. The predicted molar refractivity (Wildman–Crippen MR) is 127 cm³/mol. The first-order valence-corrected chi connectivity index (χ1v) is 12.0. The minimum absolute atomic E-state index is 0.0699. The fourth-order valence-corrected chi connectivity index (χ4v) is 5.58. The van der Waals surface area contributed by atoms with Crippen molar-refractivity contribution in [1.29, 1.82) is 0 Å². The fraction of sp³-hybridized carbons (Fsp3) is 0.208. The van der Waals surface area contributed by atoms with Crippen LogP contribution in [0, 0.1) is 13.8 Å². The molecule has 4 aromatic rings. The Balaban J connectivity index is 1.51. The first-order valence-electron chi connectivity index (χ1n) is 10.2. The van der Waals surface area contributed by atoms with Crippen LogP contribution in [0.3, 0.4) is 0 Å². The monoisotopic (exact) mass is 464 g/mol. The quantitative estimate of drug-likeness (QED) is 0.240. The molecule has 0 saturated carbocycles. The molecule has 0 spiro atoms. The number of ketones is 1. The lowest BCUT2D eigenvalue weighted by atomic mass is 10.1. The second-order valence-electron chi connectivity index (χ2n) is 7.40. The van der Waals surface area contributed by atoms with Gasteiger partial charge in [0.1, 0.15) is 18.0 Å². The maximum absolute atomic E-state index is 13.5. The van der Waals surface area contributed by atoms with Crippen LogP contribution in [0.15, 0.2) is 58.5 Å². The Morgan fingerprint density at radius 1 is 1.09 bits per heavy atom. The van der Waals surface area contributed by atoms with E-state index in [0.717, 1.165) is 16.1 Å². The molecule has 162 valence electrons. The Morgan fingerprint density at radius 2 is 1.84 bits per heavy atom. The number of aryl methyl sites for hydroxylation is 2. The molecule has 6 nitrogen and oxygen atoms in total. The maximum Gasteiger partial charge on any atom is 0.267 e. The van der Waals surface area contributed by atoms with Gasteiger partial charge in [0.05, 0.1) is 16.8 Å². The molecular formula is C24H20N2O4S2. The number of aromatic nitrogens is 2. The summed E-state index contributed by atoms with van der Waals surface area (Å²) in [6, 6.07) is 14.6. The number of thiophene rings is 1. The van der Waals surface area contributed by atoms with Gasteiger partial charge < -0.3 is 9.47 Å². The van der Waals surface area contributed by atoms with E-state index in [1.165, 1.54) is 23.1 Å². The van der Waals surface area contributed by atoms with Gasteiger partial charge in [0.15, 0.2) is 22.4 Å². The molecule has 3 heterocycles. The molecular weight excluding hydrogens is 444 g/mol.